The van der Waals surface area contributed by atoms with Crippen molar-refractivity contribution >= 4 is 39.0 Å². The SMILES string of the molecule is O=P1(c2ccccc2)c2ccccc2Oc2cc(Br)ccc21. The average molecular weight is 371 g/mol. The summed E-state index contributed by atoms with van der Waals surface area (Å²) in [6.07, 6.45) is 0. The van der Waals surface area contributed by atoms with Gasteiger partial charge in [-0.1, -0.05) is 58.4 Å². The van der Waals surface area contributed by atoms with Gasteiger partial charge in [-0.15, -0.1) is 0 Å². The molecule has 0 saturated carbocycles. The predicted molar refractivity (Wildman–Crippen MR) is 93.6 cm³/mol. The zero-order valence-corrected chi connectivity index (χ0v) is 14.1. The number of rotatable bonds is 1. The maximum atomic E-state index is 14.1. The van der Waals surface area contributed by atoms with Crippen LogP contribution in [0.1, 0.15) is 0 Å². The molecule has 0 saturated heterocycles. The number of hydrogen-bond acceptors (Lipinski definition) is 2. The van der Waals surface area contributed by atoms with E-state index in [4.69, 9.17) is 4.74 Å². The van der Waals surface area contributed by atoms with Crippen molar-refractivity contribution in [3.63, 3.8) is 0 Å². The van der Waals surface area contributed by atoms with E-state index in [9.17, 15) is 4.57 Å². The second-order valence-electron chi connectivity index (χ2n) is 5.13. The molecule has 0 aromatic heterocycles. The Labute approximate surface area is 137 Å². The van der Waals surface area contributed by atoms with Crippen LogP contribution in [0.15, 0.2) is 77.3 Å². The molecule has 0 radical (unpaired) electrons. The van der Waals surface area contributed by atoms with Crippen LogP contribution >= 0.6 is 23.1 Å². The second-order valence-corrected chi connectivity index (χ2v) is 8.74. The van der Waals surface area contributed by atoms with Crippen molar-refractivity contribution < 1.29 is 9.30 Å². The number of hydrogen-bond donors (Lipinski definition) is 0. The Balaban J connectivity index is 2.08. The van der Waals surface area contributed by atoms with Crippen LogP contribution in [0.2, 0.25) is 0 Å². The fourth-order valence-corrected chi connectivity index (χ4v) is 5.98. The van der Waals surface area contributed by atoms with Crippen LogP contribution in [0.25, 0.3) is 0 Å². The van der Waals surface area contributed by atoms with Crippen LogP contribution in [-0.4, -0.2) is 0 Å². The summed E-state index contributed by atoms with van der Waals surface area (Å²) in [4.78, 5) is 0. The van der Waals surface area contributed by atoms with E-state index in [-0.39, 0.29) is 0 Å². The first-order valence-corrected chi connectivity index (χ1v) is 9.43. The third-order valence-corrected chi connectivity index (χ3v) is 7.42. The van der Waals surface area contributed by atoms with E-state index in [0.717, 1.165) is 20.4 Å². The highest BCUT2D eigenvalue weighted by molar-refractivity contribution is 9.10. The molecule has 108 valence electrons. The van der Waals surface area contributed by atoms with Gasteiger partial charge in [0.2, 0.25) is 0 Å². The number of benzene rings is 3. The van der Waals surface area contributed by atoms with Gasteiger partial charge in [0.15, 0.2) is 7.14 Å². The van der Waals surface area contributed by atoms with E-state index < -0.39 is 7.14 Å². The molecular weight excluding hydrogens is 359 g/mol. The molecule has 4 rings (SSSR count). The van der Waals surface area contributed by atoms with Gasteiger partial charge < -0.3 is 9.30 Å². The first-order chi connectivity index (χ1) is 10.7. The van der Waals surface area contributed by atoms with E-state index in [1.165, 1.54) is 0 Å². The van der Waals surface area contributed by atoms with Gasteiger partial charge in [0.25, 0.3) is 0 Å². The van der Waals surface area contributed by atoms with Crippen LogP contribution in [0.4, 0.5) is 0 Å². The highest BCUT2D eigenvalue weighted by Crippen LogP contribution is 2.51. The average Bonchev–Trinajstić information content (AvgIpc) is 2.55. The molecule has 2 nitrogen and oxygen atoms in total. The summed E-state index contributed by atoms with van der Waals surface area (Å²) < 4.78 is 21.0. The Hall–Kier alpha value is -1.83. The van der Waals surface area contributed by atoms with Crippen molar-refractivity contribution in [1.29, 1.82) is 0 Å². The lowest BCUT2D eigenvalue weighted by atomic mass is 10.3. The van der Waals surface area contributed by atoms with Crippen LogP contribution in [0.5, 0.6) is 11.5 Å². The minimum Gasteiger partial charge on any atom is -0.456 e. The van der Waals surface area contributed by atoms with Gasteiger partial charge in [0, 0.05) is 9.78 Å². The highest BCUT2D eigenvalue weighted by Gasteiger charge is 2.38. The zero-order chi connectivity index (χ0) is 15.2. The van der Waals surface area contributed by atoms with Crippen LogP contribution < -0.4 is 20.7 Å². The van der Waals surface area contributed by atoms with Gasteiger partial charge in [-0.05, 0) is 30.3 Å². The van der Waals surface area contributed by atoms with Gasteiger partial charge in [-0.3, -0.25) is 0 Å². The molecule has 1 unspecified atom stereocenters. The molecule has 4 heteroatoms. The summed E-state index contributed by atoms with van der Waals surface area (Å²) in [5.41, 5.74) is 0. The third kappa shape index (κ3) is 1.97. The molecule has 3 aromatic rings. The Morgan fingerprint density at radius 2 is 1.45 bits per heavy atom. The molecule has 22 heavy (non-hydrogen) atoms. The topological polar surface area (TPSA) is 26.3 Å². The predicted octanol–water partition coefficient (Wildman–Crippen LogP) is 4.19. The molecule has 1 aliphatic heterocycles. The second kappa shape index (κ2) is 5.12. The Morgan fingerprint density at radius 3 is 2.27 bits per heavy atom. The van der Waals surface area contributed by atoms with Gasteiger partial charge >= 0.3 is 0 Å². The summed E-state index contributed by atoms with van der Waals surface area (Å²) in [6, 6.07) is 22.9. The molecule has 3 aromatic carbocycles. The molecule has 0 N–H and O–H groups in total. The zero-order valence-electron chi connectivity index (χ0n) is 11.6. The first-order valence-electron chi connectivity index (χ1n) is 6.93. The Kier molecular flexibility index (Phi) is 3.21. The van der Waals surface area contributed by atoms with Crippen LogP contribution in [-0.2, 0) is 4.57 Å². The molecule has 0 bridgehead atoms. The van der Waals surface area contributed by atoms with Crippen LogP contribution in [0.3, 0.4) is 0 Å². The minimum atomic E-state index is -2.91. The van der Waals surface area contributed by atoms with Crippen molar-refractivity contribution in [3.05, 3.63) is 77.3 Å². The first kappa shape index (κ1) is 13.8. The Morgan fingerprint density at radius 1 is 0.773 bits per heavy atom. The number of para-hydroxylation sites is 1. The standard InChI is InChI=1S/C18H12BrO2P/c19-13-10-11-18-16(12-13)21-15-8-4-5-9-17(15)22(18,20)14-6-2-1-3-7-14/h1-12H. The van der Waals surface area contributed by atoms with Crippen molar-refractivity contribution in [2.24, 2.45) is 0 Å². The normalized spacial score (nSPS) is 19.0. The fraction of sp³-hybridized carbons (Fsp3) is 0. The van der Waals surface area contributed by atoms with Gasteiger partial charge in [-0.2, -0.15) is 0 Å². The number of halogens is 1. The summed E-state index contributed by atoms with van der Waals surface area (Å²) in [5, 5.41) is 2.34. The van der Waals surface area contributed by atoms with Crippen molar-refractivity contribution in [1.82, 2.24) is 0 Å². The largest absolute Gasteiger partial charge is 0.456 e. The molecular formula is C18H12BrO2P. The molecule has 0 spiro atoms. The quantitative estimate of drug-likeness (QED) is 0.469. The lowest BCUT2D eigenvalue weighted by Gasteiger charge is -2.28. The molecule has 0 amide bonds. The summed E-state index contributed by atoms with van der Waals surface area (Å²) in [7, 11) is -2.91. The number of ether oxygens (including phenoxy) is 1. The fourth-order valence-electron chi connectivity index (χ4n) is 2.80. The third-order valence-electron chi connectivity index (χ3n) is 3.81. The molecule has 0 aliphatic carbocycles. The van der Waals surface area contributed by atoms with E-state index in [2.05, 4.69) is 15.9 Å². The van der Waals surface area contributed by atoms with Crippen molar-refractivity contribution in [3.8, 4) is 11.5 Å². The molecule has 1 aliphatic rings. The van der Waals surface area contributed by atoms with E-state index >= 15 is 0 Å². The highest BCUT2D eigenvalue weighted by atomic mass is 79.9. The smallest absolute Gasteiger partial charge is 0.178 e. The van der Waals surface area contributed by atoms with Gasteiger partial charge in [-0.25, -0.2) is 0 Å². The molecule has 1 atom stereocenters. The van der Waals surface area contributed by atoms with Crippen LogP contribution in [0, 0.1) is 0 Å². The monoisotopic (exact) mass is 370 g/mol. The molecule has 0 fully saturated rings. The van der Waals surface area contributed by atoms with E-state index in [1.54, 1.807) is 0 Å². The molecule has 1 heterocycles. The summed E-state index contributed by atoms with van der Waals surface area (Å²) in [5.74, 6) is 1.32. The minimum absolute atomic E-state index is 0.653. The lowest BCUT2D eigenvalue weighted by molar-refractivity contribution is 0.485. The van der Waals surface area contributed by atoms with E-state index in [0.29, 0.717) is 11.5 Å². The van der Waals surface area contributed by atoms with Crippen molar-refractivity contribution in [2.75, 3.05) is 0 Å². The maximum absolute atomic E-state index is 14.1. The number of fused-ring (bicyclic) bond motifs is 2. The van der Waals surface area contributed by atoms with Gasteiger partial charge in [0.1, 0.15) is 11.5 Å². The van der Waals surface area contributed by atoms with Gasteiger partial charge in [0.05, 0.1) is 10.6 Å². The van der Waals surface area contributed by atoms with Crippen molar-refractivity contribution in [2.45, 2.75) is 0 Å². The summed E-state index contributed by atoms with van der Waals surface area (Å²) in [6.45, 7) is 0. The maximum Gasteiger partial charge on any atom is 0.178 e. The van der Waals surface area contributed by atoms with E-state index in [1.807, 2.05) is 72.8 Å². The Bertz CT molecular complexity index is 906. The lowest BCUT2D eigenvalue weighted by Crippen LogP contribution is -2.30. The summed E-state index contributed by atoms with van der Waals surface area (Å²) >= 11 is 3.45.